The molecule has 1 rings (SSSR count). The topological polar surface area (TPSA) is 0 Å². The van der Waals surface area contributed by atoms with Crippen LogP contribution >= 0.6 is 0 Å². The summed E-state index contributed by atoms with van der Waals surface area (Å²) in [6.45, 7) is 6.25. The first-order valence-electron chi connectivity index (χ1n) is 7.72. The zero-order valence-electron chi connectivity index (χ0n) is 12.0. The van der Waals surface area contributed by atoms with Gasteiger partial charge < -0.3 is 0 Å². The SMILES string of the molecule is [CH2]CCCC(CCCCCCC)c1ccccc1. The molecule has 0 nitrogen and oxygen atoms in total. The lowest BCUT2D eigenvalue weighted by molar-refractivity contribution is 0.509. The third-order valence-electron chi connectivity index (χ3n) is 3.73. The van der Waals surface area contributed by atoms with E-state index >= 15 is 0 Å². The van der Waals surface area contributed by atoms with E-state index < -0.39 is 0 Å². The van der Waals surface area contributed by atoms with E-state index in [1.54, 1.807) is 0 Å². The fraction of sp³-hybridized carbons (Fsp3) is 0.611. The molecule has 0 aromatic heterocycles. The summed E-state index contributed by atoms with van der Waals surface area (Å²) in [5, 5.41) is 0. The van der Waals surface area contributed by atoms with Gasteiger partial charge in [0.2, 0.25) is 0 Å². The maximum atomic E-state index is 3.97. The van der Waals surface area contributed by atoms with Crippen molar-refractivity contribution < 1.29 is 0 Å². The normalized spacial score (nSPS) is 12.6. The highest BCUT2D eigenvalue weighted by molar-refractivity contribution is 5.19. The van der Waals surface area contributed by atoms with Crippen molar-refractivity contribution in [2.24, 2.45) is 0 Å². The van der Waals surface area contributed by atoms with E-state index in [2.05, 4.69) is 44.2 Å². The average molecular weight is 245 g/mol. The van der Waals surface area contributed by atoms with Gasteiger partial charge in [-0.25, -0.2) is 0 Å². The van der Waals surface area contributed by atoms with Gasteiger partial charge in [0.05, 0.1) is 0 Å². The zero-order valence-corrected chi connectivity index (χ0v) is 12.0. The molecule has 1 radical (unpaired) electrons. The quantitative estimate of drug-likeness (QED) is 0.435. The molecule has 0 heterocycles. The minimum Gasteiger partial charge on any atom is -0.0654 e. The molecular weight excluding hydrogens is 216 g/mol. The monoisotopic (exact) mass is 245 g/mol. The van der Waals surface area contributed by atoms with Crippen LogP contribution in [0.3, 0.4) is 0 Å². The van der Waals surface area contributed by atoms with Gasteiger partial charge >= 0.3 is 0 Å². The second-order valence-electron chi connectivity index (χ2n) is 5.31. The molecule has 0 fully saturated rings. The van der Waals surface area contributed by atoms with Gasteiger partial charge in [-0.1, -0.05) is 89.1 Å². The highest BCUT2D eigenvalue weighted by atomic mass is 14.1. The lowest BCUT2D eigenvalue weighted by Crippen LogP contribution is -1.99. The van der Waals surface area contributed by atoms with Crippen molar-refractivity contribution >= 4 is 0 Å². The summed E-state index contributed by atoms with van der Waals surface area (Å²) in [6, 6.07) is 11.0. The van der Waals surface area contributed by atoms with Crippen LogP contribution in [-0.4, -0.2) is 0 Å². The third-order valence-corrected chi connectivity index (χ3v) is 3.73. The Kier molecular flexibility index (Phi) is 8.63. The van der Waals surface area contributed by atoms with Crippen molar-refractivity contribution in [2.45, 2.75) is 70.6 Å². The minimum absolute atomic E-state index is 0.759. The Morgan fingerprint density at radius 1 is 0.889 bits per heavy atom. The molecule has 0 saturated heterocycles. The second kappa shape index (κ2) is 10.2. The van der Waals surface area contributed by atoms with Crippen LogP contribution in [0, 0.1) is 6.92 Å². The van der Waals surface area contributed by atoms with Crippen molar-refractivity contribution in [3.05, 3.63) is 42.8 Å². The summed E-state index contributed by atoms with van der Waals surface area (Å²) in [4.78, 5) is 0. The maximum absolute atomic E-state index is 3.97. The van der Waals surface area contributed by atoms with E-state index in [0.29, 0.717) is 0 Å². The van der Waals surface area contributed by atoms with E-state index in [4.69, 9.17) is 0 Å². The van der Waals surface area contributed by atoms with Crippen LogP contribution in [0.4, 0.5) is 0 Å². The van der Waals surface area contributed by atoms with Crippen molar-refractivity contribution in [3.63, 3.8) is 0 Å². The van der Waals surface area contributed by atoms with Crippen LogP contribution in [0.15, 0.2) is 30.3 Å². The van der Waals surface area contributed by atoms with Gasteiger partial charge in [0.15, 0.2) is 0 Å². The highest BCUT2D eigenvalue weighted by Crippen LogP contribution is 2.27. The van der Waals surface area contributed by atoms with E-state index in [0.717, 1.165) is 12.3 Å². The molecule has 0 saturated carbocycles. The van der Waals surface area contributed by atoms with Gasteiger partial charge in [-0.3, -0.25) is 0 Å². The first-order chi connectivity index (χ1) is 8.88. The lowest BCUT2D eigenvalue weighted by Gasteiger charge is -2.17. The average Bonchev–Trinajstić information content (AvgIpc) is 2.43. The van der Waals surface area contributed by atoms with Crippen molar-refractivity contribution in [1.82, 2.24) is 0 Å². The van der Waals surface area contributed by atoms with Crippen molar-refractivity contribution in [2.75, 3.05) is 0 Å². The number of rotatable bonds is 10. The van der Waals surface area contributed by atoms with Crippen molar-refractivity contribution in [1.29, 1.82) is 0 Å². The molecule has 0 heteroatoms. The molecule has 0 aliphatic carbocycles. The molecule has 1 unspecified atom stereocenters. The van der Waals surface area contributed by atoms with Crippen LogP contribution in [0.5, 0.6) is 0 Å². The predicted molar refractivity (Wildman–Crippen MR) is 81.8 cm³/mol. The van der Waals surface area contributed by atoms with Gasteiger partial charge in [-0.15, -0.1) is 0 Å². The van der Waals surface area contributed by atoms with Crippen LogP contribution in [-0.2, 0) is 0 Å². The molecule has 0 amide bonds. The smallest absolute Gasteiger partial charge is 0.0162 e. The first-order valence-corrected chi connectivity index (χ1v) is 7.72. The van der Waals surface area contributed by atoms with Crippen LogP contribution in [0.25, 0.3) is 0 Å². The fourth-order valence-electron chi connectivity index (χ4n) is 2.59. The molecule has 0 spiro atoms. The van der Waals surface area contributed by atoms with Crippen molar-refractivity contribution in [3.8, 4) is 0 Å². The van der Waals surface area contributed by atoms with Crippen LogP contribution in [0.1, 0.15) is 76.2 Å². The zero-order chi connectivity index (χ0) is 13.1. The summed E-state index contributed by atoms with van der Waals surface area (Å²) in [7, 11) is 0. The Balaban J connectivity index is 2.36. The van der Waals surface area contributed by atoms with Gasteiger partial charge in [-0.2, -0.15) is 0 Å². The standard InChI is InChI=1S/C18H29/c1-3-5-7-8-10-14-17(13-6-4-2)18-15-11-9-12-16-18/h9,11-12,15-17H,2-8,10,13-14H2,1H3. The number of unbranched alkanes of at least 4 members (excludes halogenated alkanes) is 5. The molecule has 18 heavy (non-hydrogen) atoms. The Labute approximate surface area is 114 Å². The largest absolute Gasteiger partial charge is 0.0654 e. The predicted octanol–water partition coefficient (Wildman–Crippen LogP) is 6.14. The minimum atomic E-state index is 0.759. The van der Waals surface area contributed by atoms with E-state index in [-0.39, 0.29) is 0 Å². The van der Waals surface area contributed by atoms with Gasteiger partial charge in [-0.05, 0) is 24.3 Å². The summed E-state index contributed by atoms with van der Waals surface area (Å²) < 4.78 is 0. The molecule has 0 N–H and O–H groups in total. The summed E-state index contributed by atoms with van der Waals surface area (Å²) in [5.41, 5.74) is 1.53. The molecule has 1 atom stereocenters. The van der Waals surface area contributed by atoms with Gasteiger partial charge in [0.25, 0.3) is 0 Å². The van der Waals surface area contributed by atoms with Gasteiger partial charge in [0, 0.05) is 0 Å². The van der Waals surface area contributed by atoms with E-state index in [9.17, 15) is 0 Å². The Hall–Kier alpha value is -0.780. The van der Waals surface area contributed by atoms with E-state index in [1.807, 2.05) is 0 Å². The molecule has 0 aliphatic rings. The molecule has 1 aromatic rings. The summed E-state index contributed by atoms with van der Waals surface area (Å²) >= 11 is 0. The lowest BCUT2D eigenvalue weighted by atomic mass is 9.88. The first kappa shape index (κ1) is 15.3. The maximum Gasteiger partial charge on any atom is -0.0162 e. The number of hydrogen-bond acceptors (Lipinski definition) is 0. The van der Waals surface area contributed by atoms with Crippen LogP contribution < -0.4 is 0 Å². The second-order valence-corrected chi connectivity index (χ2v) is 5.31. The third kappa shape index (κ3) is 6.23. The molecule has 0 bridgehead atoms. The Morgan fingerprint density at radius 3 is 2.22 bits per heavy atom. The Bertz CT molecular complexity index is 275. The molecule has 101 valence electrons. The molecule has 0 aliphatic heterocycles. The fourth-order valence-corrected chi connectivity index (χ4v) is 2.59. The van der Waals surface area contributed by atoms with Crippen LogP contribution in [0.2, 0.25) is 0 Å². The van der Waals surface area contributed by atoms with Gasteiger partial charge in [0.1, 0.15) is 0 Å². The molecular formula is C18H29. The van der Waals surface area contributed by atoms with E-state index in [1.165, 1.54) is 56.9 Å². The summed E-state index contributed by atoms with van der Waals surface area (Å²) in [6.07, 6.45) is 11.9. The Morgan fingerprint density at radius 2 is 1.56 bits per heavy atom. The molecule has 1 aromatic carbocycles. The highest BCUT2D eigenvalue weighted by Gasteiger charge is 2.10. The summed E-state index contributed by atoms with van der Waals surface area (Å²) in [5.74, 6) is 0.759. The number of benzene rings is 1. The number of hydrogen-bond donors (Lipinski definition) is 0.